The van der Waals surface area contributed by atoms with Gasteiger partial charge < -0.3 is 14.8 Å². The SMILES string of the molecule is CNc1ccc(Oc2ccc(OC)cc2C#N)cc1. The van der Waals surface area contributed by atoms with Crippen molar-refractivity contribution in [2.24, 2.45) is 0 Å². The van der Waals surface area contributed by atoms with Crippen LogP contribution in [0.25, 0.3) is 0 Å². The van der Waals surface area contributed by atoms with Gasteiger partial charge in [-0.2, -0.15) is 5.26 Å². The van der Waals surface area contributed by atoms with E-state index in [0.29, 0.717) is 22.8 Å². The highest BCUT2D eigenvalue weighted by Crippen LogP contribution is 2.28. The molecular weight excluding hydrogens is 240 g/mol. The quantitative estimate of drug-likeness (QED) is 0.908. The first-order valence-electron chi connectivity index (χ1n) is 5.80. The van der Waals surface area contributed by atoms with Crippen LogP contribution >= 0.6 is 0 Å². The summed E-state index contributed by atoms with van der Waals surface area (Å²) in [6.45, 7) is 0. The van der Waals surface area contributed by atoms with E-state index in [2.05, 4.69) is 11.4 Å². The van der Waals surface area contributed by atoms with Gasteiger partial charge in [0.05, 0.1) is 12.7 Å². The van der Waals surface area contributed by atoms with Crippen molar-refractivity contribution >= 4 is 5.69 Å². The highest BCUT2D eigenvalue weighted by atomic mass is 16.5. The molecule has 0 atom stereocenters. The van der Waals surface area contributed by atoms with Gasteiger partial charge in [0.2, 0.25) is 0 Å². The van der Waals surface area contributed by atoms with Gasteiger partial charge in [0, 0.05) is 18.8 Å². The molecular formula is C15H14N2O2. The third-order valence-corrected chi connectivity index (χ3v) is 2.68. The first-order chi connectivity index (χ1) is 9.26. The number of nitrogens with one attached hydrogen (secondary N) is 1. The Morgan fingerprint density at radius 3 is 2.32 bits per heavy atom. The molecule has 0 bridgehead atoms. The number of ether oxygens (including phenoxy) is 2. The number of methoxy groups -OCH3 is 1. The number of benzene rings is 2. The van der Waals surface area contributed by atoms with Crippen molar-refractivity contribution in [2.45, 2.75) is 0 Å². The van der Waals surface area contributed by atoms with Crippen molar-refractivity contribution in [3.05, 3.63) is 48.0 Å². The maximum Gasteiger partial charge on any atom is 0.145 e. The molecule has 0 aliphatic rings. The number of nitrogens with zero attached hydrogens (tertiary/aromatic N) is 1. The molecule has 0 aromatic heterocycles. The predicted molar refractivity (Wildman–Crippen MR) is 73.8 cm³/mol. The zero-order chi connectivity index (χ0) is 13.7. The second-order valence-electron chi connectivity index (χ2n) is 3.85. The molecule has 0 aliphatic carbocycles. The molecule has 4 nitrogen and oxygen atoms in total. The van der Waals surface area contributed by atoms with Gasteiger partial charge in [0.25, 0.3) is 0 Å². The van der Waals surface area contributed by atoms with Crippen LogP contribution in [0.4, 0.5) is 5.69 Å². The summed E-state index contributed by atoms with van der Waals surface area (Å²) in [4.78, 5) is 0. The Bertz CT molecular complexity index is 601. The number of rotatable bonds is 4. The van der Waals surface area contributed by atoms with Gasteiger partial charge in [-0.25, -0.2) is 0 Å². The van der Waals surface area contributed by atoms with E-state index in [9.17, 15) is 0 Å². The molecule has 96 valence electrons. The lowest BCUT2D eigenvalue weighted by molar-refractivity contribution is 0.412. The average molecular weight is 254 g/mol. The van der Waals surface area contributed by atoms with Crippen molar-refractivity contribution in [3.8, 4) is 23.3 Å². The fourth-order valence-electron chi connectivity index (χ4n) is 1.63. The Morgan fingerprint density at radius 2 is 1.74 bits per heavy atom. The number of hydrogen-bond acceptors (Lipinski definition) is 4. The first kappa shape index (κ1) is 12.8. The molecule has 2 aromatic rings. The second-order valence-corrected chi connectivity index (χ2v) is 3.85. The molecule has 0 spiro atoms. The standard InChI is InChI=1S/C15H14N2O2/c1-17-12-3-5-13(6-4-12)19-15-8-7-14(18-2)9-11(15)10-16/h3-9,17H,1-2H3. The van der Waals surface area contributed by atoms with Crippen molar-refractivity contribution in [2.75, 3.05) is 19.5 Å². The molecule has 2 aromatic carbocycles. The van der Waals surface area contributed by atoms with Gasteiger partial charge in [-0.1, -0.05) is 0 Å². The number of anilines is 1. The van der Waals surface area contributed by atoms with Crippen LogP contribution in [-0.4, -0.2) is 14.2 Å². The third-order valence-electron chi connectivity index (χ3n) is 2.68. The topological polar surface area (TPSA) is 54.3 Å². The van der Waals surface area contributed by atoms with Crippen LogP contribution in [0.2, 0.25) is 0 Å². The summed E-state index contributed by atoms with van der Waals surface area (Å²) in [5.74, 6) is 1.83. The second kappa shape index (κ2) is 5.78. The number of nitriles is 1. The summed E-state index contributed by atoms with van der Waals surface area (Å²) in [5.41, 5.74) is 1.44. The minimum atomic E-state index is 0.442. The van der Waals surface area contributed by atoms with Gasteiger partial charge in [-0.05, 0) is 36.4 Å². The first-order valence-corrected chi connectivity index (χ1v) is 5.80. The fourth-order valence-corrected chi connectivity index (χ4v) is 1.63. The van der Waals surface area contributed by atoms with Gasteiger partial charge in [0.15, 0.2) is 0 Å². The highest BCUT2D eigenvalue weighted by Gasteiger charge is 2.06. The normalized spacial score (nSPS) is 9.53. The molecule has 1 N–H and O–H groups in total. The molecule has 0 saturated carbocycles. The summed E-state index contributed by atoms with van der Waals surface area (Å²) in [6, 6.07) is 14.7. The van der Waals surface area contributed by atoms with E-state index in [-0.39, 0.29) is 0 Å². The van der Waals surface area contributed by atoms with Crippen LogP contribution in [0.3, 0.4) is 0 Å². The minimum absolute atomic E-state index is 0.442. The Kier molecular flexibility index (Phi) is 3.89. The zero-order valence-electron chi connectivity index (χ0n) is 10.8. The maximum atomic E-state index is 9.10. The zero-order valence-corrected chi connectivity index (χ0v) is 10.8. The van der Waals surface area contributed by atoms with Crippen molar-refractivity contribution in [1.82, 2.24) is 0 Å². The van der Waals surface area contributed by atoms with Crippen LogP contribution in [0.1, 0.15) is 5.56 Å². The fraction of sp³-hybridized carbons (Fsp3) is 0.133. The van der Waals surface area contributed by atoms with Gasteiger partial charge >= 0.3 is 0 Å². The Hall–Kier alpha value is -2.67. The van der Waals surface area contributed by atoms with E-state index in [1.165, 1.54) is 0 Å². The maximum absolute atomic E-state index is 9.10. The molecule has 0 amide bonds. The summed E-state index contributed by atoms with van der Waals surface area (Å²) in [5, 5.41) is 12.1. The minimum Gasteiger partial charge on any atom is -0.497 e. The van der Waals surface area contributed by atoms with Gasteiger partial charge in [0.1, 0.15) is 23.3 Å². The average Bonchev–Trinajstić information content (AvgIpc) is 2.48. The summed E-state index contributed by atoms with van der Waals surface area (Å²) in [7, 11) is 3.42. The Labute approximate surface area is 112 Å². The van der Waals surface area contributed by atoms with E-state index in [4.69, 9.17) is 14.7 Å². The molecule has 0 radical (unpaired) electrons. The van der Waals surface area contributed by atoms with E-state index < -0.39 is 0 Å². The molecule has 0 aliphatic heterocycles. The van der Waals surface area contributed by atoms with E-state index in [0.717, 1.165) is 5.69 Å². The van der Waals surface area contributed by atoms with E-state index >= 15 is 0 Å². The van der Waals surface area contributed by atoms with Crippen LogP contribution in [-0.2, 0) is 0 Å². The lowest BCUT2D eigenvalue weighted by atomic mass is 10.2. The summed E-state index contributed by atoms with van der Waals surface area (Å²) < 4.78 is 10.8. The van der Waals surface area contributed by atoms with Crippen LogP contribution in [0, 0.1) is 11.3 Å². The summed E-state index contributed by atoms with van der Waals surface area (Å²) >= 11 is 0. The van der Waals surface area contributed by atoms with Crippen molar-refractivity contribution < 1.29 is 9.47 Å². The van der Waals surface area contributed by atoms with Crippen molar-refractivity contribution in [1.29, 1.82) is 5.26 Å². The smallest absolute Gasteiger partial charge is 0.145 e. The lowest BCUT2D eigenvalue weighted by Crippen LogP contribution is -1.91. The summed E-state index contributed by atoms with van der Waals surface area (Å²) in [6.07, 6.45) is 0. The largest absolute Gasteiger partial charge is 0.497 e. The van der Waals surface area contributed by atoms with Crippen LogP contribution < -0.4 is 14.8 Å². The monoisotopic (exact) mass is 254 g/mol. The molecule has 0 saturated heterocycles. The molecule has 2 rings (SSSR count). The Balaban J connectivity index is 2.25. The third kappa shape index (κ3) is 2.96. The molecule has 0 unspecified atom stereocenters. The van der Waals surface area contributed by atoms with Crippen LogP contribution in [0.5, 0.6) is 17.2 Å². The molecule has 4 heteroatoms. The van der Waals surface area contributed by atoms with Gasteiger partial charge in [-0.3, -0.25) is 0 Å². The van der Waals surface area contributed by atoms with Crippen molar-refractivity contribution in [3.63, 3.8) is 0 Å². The highest BCUT2D eigenvalue weighted by molar-refractivity contribution is 5.51. The van der Waals surface area contributed by atoms with Crippen LogP contribution in [0.15, 0.2) is 42.5 Å². The number of hydrogen-bond donors (Lipinski definition) is 1. The Morgan fingerprint density at radius 1 is 1.05 bits per heavy atom. The predicted octanol–water partition coefficient (Wildman–Crippen LogP) is 3.40. The molecule has 19 heavy (non-hydrogen) atoms. The molecule has 0 fully saturated rings. The van der Waals surface area contributed by atoms with Gasteiger partial charge in [-0.15, -0.1) is 0 Å². The molecule has 0 heterocycles. The van der Waals surface area contributed by atoms with E-state index in [1.807, 2.05) is 31.3 Å². The lowest BCUT2D eigenvalue weighted by Gasteiger charge is -2.09. The van der Waals surface area contributed by atoms with E-state index in [1.54, 1.807) is 25.3 Å².